The molecule has 0 aromatic heterocycles. The molecule has 1 atom stereocenters. The molecule has 1 amide bonds. The van der Waals surface area contributed by atoms with Crippen LogP contribution < -0.4 is 5.32 Å². The van der Waals surface area contributed by atoms with E-state index in [1.165, 1.54) is 27.8 Å². The van der Waals surface area contributed by atoms with Crippen molar-refractivity contribution in [2.24, 2.45) is 0 Å². The van der Waals surface area contributed by atoms with Crippen LogP contribution in [0.3, 0.4) is 0 Å². The van der Waals surface area contributed by atoms with Crippen LogP contribution in [-0.2, 0) is 9.53 Å². The molecule has 0 saturated carbocycles. The fraction of sp³-hybridized carbons (Fsp3) is 0.280. The van der Waals surface area contributed by atoms with Crippen molar-refractivity contribution in [3.63, 3.8) is 0 Å². The van der Waals surface area contributed by atoms with Crippen LogP contribution in [0.1, 0.15) is 43.2 Å². The zero-order chi connectivity index (χ0) is 20.2. The van der Waals surface area contributed by atoms with Gasteiger partial charge >= 0.3 is 6.09 Å². The molecule has 4 nitrogen and oxygen atoms in total. The topological polar surface area (TPSA) is 55.4 Å². The van der Waals surface area contributed by atoms with Crippen LogP contribution in [0.2, 0.25) is 0 Å². The predicted octanol–water partition coefficient (Wildman–Crippen LogP) is 5.15. The van der Waals surface area contributed by atoms with E-state index in [0.29, 0.717) is 6.42 Å². The molecule has 1 N–H and O–H groups in total. The molecule has 2 aromatic rings. The molecular weight excluding hydrogens is 362 g/mol. The Labute approximate surface area is 171 Å². The first-order valence-corrected chi connectivity index (χ1v) is 10.1. The van der Waals surface area contributed by atoms with Gasteiger partial charge < -0.3 is 14.8 Å². The minimum atomic E-state index is -0.584. The average molecular weight is 387 g/mol. The normalized spacial score (nSPS) is 16.2. The lowest BCUT2D eigenvalue weighted by Crippen LogP contribution is -2.37. The van der Waals surface area contributed by atoms with E-state index in [9.17, 15) is 9.59 Å². The Balaban J connectivity index is 1.39. The van der Waals surface area contributed by atoms with Gasteiger partial charge in [0.25, 0.3) is 0 Å². The van der Waals surface area contributed by atoms with E-state index in [1.54, 1.807) is 0 Å². The van der Waals surface area contributed by atoms with Gasteiger partial charge in [0.05, 0.1) is 6.04 Å². The molecule has 0 spiro atoms. The molecule has 1 unspecified atom stereocenters. The van der Waals surface area contributed by atoms with Gasteiger partial charge in [-0.15, -0.1) is 0 Å². The molecule has 4 rings (SSSR count). The van der Waals surface area contributed by atoms with Crippen LogP contribution in [0.15, 0.2) is 71.8 Å². The van der Waals surface area contributed by atoms with Crippen molar-refractivity contribution in [2.75, 3.05) is 6.61 Å². The molecule has 2 aromatic carbocycles. The Hall–Kier alpha value is -3.14. The van der Waals surface area contributed by atoms with Gasteiger partial charge in [0.1, 0.15) is 12.9 Å². The van der Waals surface area contributed by atoms with Crippen molar-refractivity contribution >= 4 is 12.4 Å². The monoisotopic (exact) mass is 387 g/mol. The lowest BCUT2D eigenvalue weighted by Gasteiger charge is -2.18. The second kappa shape index (κ2) is 8.48. The van der Waals surface area contributed by atoms with Crippen LogP contribution in [0.5, 0.6) is 0 Å². The standard InChI is InChI=1S/C25H25NO3/c1-17-7-6-8-18(13-17)14-19(15-27)26-25(28)29-16-24-22-11-4-2-9-20(22)21-10-3-5-12-23(21)24/h2-5,8-13,15,19,24H,6-7,14,16H2,1H3,(H,26,28). The summed E-state index contributed by atoms with van der Waals surface area (Å²) >= 11 is 0. The Morgan fingerprint density at radius 1 is 1.14 bits per heavy atom. The summed E-state index contributed by atoms with van der Waals surface area (Å²) in [4.78, 5) is 23.8. The highest BCUT2D eigenvalue weighted by atomic mass is 16.5. The van der Waals surface area contributed by atoms with Crippen molar-refractivity contribution in [3.05, 3.63) is 83.0 Å². The number of ether oxygens (including phenoxy) is 1. The first kappa shape index (κ1) is 19.2. The van der Waals surface area contributed by atoms with Gasteiger partial charge in [0, 0.05) is 5.92 Å². The zero-order valence-corrected chi connectivity index (χ0v) is 16.6. The van der Waals surface area contributed by atoms with Crippen molar-refractivity contribution in [2.45, 2.75) is 38.1 Å². The van der Waals surface area contributed by atoms with Crippen LogP contribution >= 0.6 is 0 Å². The molecule has 0 saturated heterocycles. The summed E-state index contributed by atoms with van der Waals surface area (Å²) in [7, 11) is 0. The maximum absolute atomic E-state index is 12.4. The van der Waals surface area contributed by atoms with E-state index in [4.69, 9.17) is 4.74 Å². The second-order valence-electron chi connectivity index (χ2n) is 7.72. The summed E-state index contributed by atoms with van der Waals surface area (Å²) in [6.07, 6.45) is 6.97. The largest absolute Gasteiger partial charge is 0.449 e. The highest BCUT2D eigenvalue weighted by Crippen LogP contribution is 2.44. The number of fused-ring (bicyclic) bond motifs is 3. The molecule has 0 fully saturated rings. The lowest BCUT2D eigenvalue weighted by molar-refractivity contribution is -0.109. The first-order valence-electron chi connectivity index (χ1n) is 10.1. The van der Waals surface area contributed by atoms with Gasteiger partial charge in [-0.1, -0.05) is 66.3 Å². The van der Waals surface area contributed by atoms with Gasteiger partial charge in [-0.25, -0.2) is 4.79 Å². The number of aldehydes is 1. The van der Waals surface area contributed by atoms with E-state index in [0.717, 1.165) is 24.7 Å². The van der Waals surface area contributed by atoms with E-state index < -0.39 is 12.1 Å². The molecule has 148 valence electrons. The van der Waals surface area contributed by atoms with E-state index in [-0.39, 0.29) is 12.5 Å². The van der Waals surface area contributed by atoms with Crippen LogP contribution in [0, 0.1) is 0 Å². The number of allylic oxidation sites excluding steroid dienone is 3. The summed E-state index contributed by atoms with van der Waals surface area (Å²) in [5.74, 6) is 0.00877. The Morgan fingerprint density at radius 2 is 1.79 bits per heavy atom. The molecule has 0 aliphatic heterocycles. The summed E-state index contributed by atoms with van der Waals surface area (Å²) in [5.41, 5.74) is 7.10. The molecule has 29 heavy (non-hydrogen) atoms. The maximum Gasteiger partial charge on any atom is 0.407 e. The highest BCUT2D eigenvalue weighted by molar-refractivity contribution is 5.79. The maximum atomic E-state index is 12.4. The van der Waals surface area contributed by atoms with Crippen molar-refractivity contribution < 1.29 is 14.3 Å². The van der Waals surface area contributed by atoms with E-state index >= 15 is 0 Å². The summed E-state index contributed by atoms with van der Waals surface area (Å²) < 4.78 is 5.54. The molecule has 2 aliphatic rings. The second-order valence-corrected chi connectivity index (χ2v) is 7.72. The molecule has 2 aliphatic carbocycles. The van der Waals surface area contributed by atoms with Crippen molar-refractivity contribution in [1.29, 1.82) is 0 Å². The van der Waals surface area contributed by atoms with E-state index in [2.05, 4.69) is 48.7 Å². The lowest BCUT2D eigenvalue weighted by atomic mass is 9.96. The molecule has 0 radical (unpaired) electrons. The highest BCUT2D eigenvalue weighted by Gasteiger charge is 2.29. The zero-order valence-electron chi connectivity index (χ0n) is 16.6. The number of hydrogen-bond donors (Lipinski definition) is 1. The number of carbonyl (C=O) groups excluding carboxylic acids is 2. The SMILES string of the molecule is CC1=CC(CC(C=O)NC(=O)OCC2c3ccccc3-c3ccccc32)=CCC1. The summed E-state index contributed by atoms with van der Waals surface area (Å²) in [6.45, 7) is 2.33. The number of benzene rings is 2. The van der Waals surface area contributed by atoms with Crippen LogP contribution in [0.25, 0.3) is 11.1 Å². The molecule has 0 heterocycles. The fourth-order valence-corrected chi connectivity index (χ4v) is 4.25. The third-order valence-corrected chi connectivity index (χ3v) is 5.64. The molecule has 4 heteroatoms. The number of hydrogen-bond acceptors (Lipinski definition) is 3. The third-order valence-electron chi connectivity index (χ3n) is 5.64. The van der Waals surface area contributed by atoms with Gasteiger partial charge in [0.2, 0.25) is 0 Å². The number of alkyl carbamates (subject to hydrolysis) is 1. The van der Waals surface area contributed by atoms with Gasteiger partial charge in [-0.3, -0.25) is 0 Å². The quantitative estimate of drug-likeness (QED) is 0.698. The molecular formula is C25H25NO3. The Bertz CT molecular complexity index is 944. The smallest absolute Gasteiger partial charge is 0.407 e. The van der Waals surface area contributed by atoms with Crippen LogP contribution in [0.4, 0.5) is 4.79 Å². The average Bonchev–Trinajstić information content (AvgIpc) is 3.06. The molecule has 0 bridgehead atoms. The number of nitrogens with one attached hydrogen (secondary N) is 1. The number of amides is 1. The fourth-order valence-electron chi connectivity index (χ4n) is 4.25. The van der Waals surface area contributed by atoms with Gasteiger partial charge in [-0.2, -0.15) is 0 Å². The summed E-state index contributed by atoms with van der Waals surface area (Å²) in [5, 5.41) is 2.70. The van der Waals surface area contributed by atoms with Gasteiger partial charge in [0.15, 0.2) is 0 Å². The Morgan fingerprint density at radius 3 is 2.41 bits per heavy atom. The number of carbonyl (C=O) groups is 2. The minimum absolute atomic E-state index is 0.00877. The summed E-state index contributed by atoms with van der Waals surface area (Å²) in [6, 6.07) is 15.8. The van der Waals surface area contributed by atoms with Crippen molar-refractivity contribution in [3.8, 4) is 11.1 Å². The third kappa shape index (κ3) is 4.16. The predicted molar refractivity (Wildman–Crippen MR) is 114 cm³/mol. The van der Waals surface area contributed by atoms with Crippen LogP contribution in [-0.4, -0.2) is 25.0 Å². The number of rotatable bonds is 6. The van der Waals surface area contributed by atoms with E-state index in [1.807, 2.05) is 24.3 Å². The minimum Gasteiger partial charge on any atom is -0.449 e. The first-order chi connectivity index (χ1) is 14.2. The van der Waals surface area contributed by atoms with Crippen molar-refractivity contribution in [1.82, 2.24) is 5.32 Å². The van der Waals surface area contributed by atoms with Gasteiger partial charge in [-0.05, 0) is 54.0 Å². The Kier molecular flexibility index (Phi) is 5.61.